The number of thioether (sulfide) groups is 1. The predicted octanol–water partition coefficient (Wildman–Crippen LogP) is 3.99. The first-order valence-corrected chi connectivity index (χ1v) is 10.5. The molecule has 9 heteroatoms. The number of hydrogen-bond acceptors (Lipinski definition) is 7. The SMILES string of the molecule is Cc1cc([N+](=O)[O-])ccc1NC(=O)CSc1nnc2c(n1)C1(C)CCC2C1(C)C. The van der Waals surface area contributed by atoms with Crippen LogP contribution in [0.15, 0.2) is 23.4 Å². The molecular formula is C20H23N5O3S. The molecule has 1 fully saturated rings. The number of carbonyl (C=O) groups is 1. The van der Waals surface area contributed by atoms with E-state index in [0.717, 1.165) is 24.2 Å². The molecule has 29 heavy (non-hydrogen) atoms. The number of anilines is 1. The van der Waals surface area contributed by atoms with Gasteiger partial charge in [0.2, 0.25) is 11.1 Å². The quantitative estimate of drug-likeness (QED) is 0.448. The highest BCUT2D eigenvalue weighted by Crippen LogP contribution is 2.66. The summed E-state index contributed by atoms with van der Waals surface area (Å²) in [5.74, 6) is 0.319. The van der Waals surface area contributed by atoms with Crippen molar-refractivity contribution < 1.29 is 9.72 Å². The Balaban J connectivity index is 1.43. The third-order valence-electron chi connectivity index (χ3n) is 6.80. The van der Waals surface area contributed by atoms with Crippen molar-refractivity contribution in [3.63, 3.8) is 0 Å². The van der Waals surface area contributed by atoms with E-state index < -0.39 is 4.92 Å². The molecule has 0 aliphatic heterocycles. The lowest BCUT2D eigenvalue weighted by Crippen LogP contribution is -2.32. The fraction of sp³-hybridized carbons (Fsp3) is 0.500. The van der Waals surface area contributed by atoms with Crippen LogP contribution in [0.4, 0.5) is 11.4 Å². The average Bonchev–Trinajstić information content (AvgIpc) is 3.00. The summed E-state index contributed by atoms with van der Waals surface area (Å²) in [6.07, 6.45) is 2.22. The molecule has 1 aromatic carbocycles. The molecular weight excluding hydrogens is 390 g/mol. The minimum atomic E-state index is -0.457. The van der Waals surface area contributed by atoms with Gasteiger partial charge in [-0.25, -0.2) is 4.98 Å². The van der Waals surface area contributed by atoms with Crippen LogP contribution >= 0.6 is 11.8 Å². The van der Waals surface area contributed by atoms with Gasteiger partial charge in [0.05, 0.1) is 22.1 Å². The molecule has 1 amide bonds. The summed E-state index contributed by atoms with van der Waals surface area (Å²) in [5.41, 5.74) is 3.35. The highest BCUT2D eigenvalue weighted by Gasteiger charge is 2.61. The van der Waals surface area contributed by atoms with Crippen molar-refractivity contribution in [2.75, 3.05) is 11.1 Å². The summed E-state index contributed by atoms with van der Waals surface area (Å²) in [6.45, 7) is 8.54. The monoisotopic (exact) mass is 413 g/mol. The van der Waals surface area contributed by atoms with Gasteiger partial charge < -0.3 is 5.32 Å². The largest absolute Gasteiger partial charge is 0.325 e. The first-order chi connectivity index (χ1) is 13.6. The number of nitro benzene ring substituents is 1. The van der Waals surface area contributed by atoms with Crippen molar-refractivity contribution in [3.05, 3.63) is 45.3 Å². The summed E-state index contributed by atoms with van der Waals surface area (Å²) in [7, 11) is 0. The zero-order chi connectivity index (χ0) is 21.0. The molecule has 2 aromatic rings. The standard InChI is InChI=1S/C20H23N5O3S/c1-11-9-12(25(27)28)5-6-14(11)21-15(26)10-29-18-22-17-16(23-24-18)13-7-8-20(17,4)19(13,2)3/h5-6,9,13H,7-8,10H2,1-4H3,(H,21,26). The van der Waals surface area contributed by atoms with Crippen LogP contribution in [0.3, 0.4) is 0 Å². The number of rotatable bonds is 5. The zero-order valence-corrected chi connectivity index (χ0v) is 17.7. The molecule has 8 nitrogen and oxygen atoms in total. The van der Waals surface area contributed by atoms with E-state index in [1.54, 1.807) is 13.0 Å². The molecule has 2 aliphatic carbocycles. The van der Waals surface area contributed by atoms with Crippen molar-refractivity contribution >= 4 is 29.0 Å². The second-order valence-corrected chi connectivity index (χ2v) is 9.51. The second kappa shape index (κ2) is 6.76. The lowest BCUT2D eigenvalue weighted by molar-refractivity contribution is -0.384. The maximum absolute atomic E-state index is 12.3. The van der Waals surface area contributed by atoms with Gasteiger partial charge in [-0.15, -0.1) is 5.10 Å². The van der Waals surface area contributed by atoms with E-state index in [1.807, 2.05) is 0 Å². The van der Waals surface area contributed by atoms with Gasteiger partial charge in [-0.3, -0.25) is 14.9 Å². The van der Waals surface area contributed by atoms with Crippen LogP contribution in [0, 0.1) is 22.5 Å². The van der Waals surface area contributed by atoms with Gasteiger partial charge in [0.15, 0.2) is 0 Å². The number of carbonyl (C=O) groups excluding carboxylic acids is 1. The number of non-ortho nitro benzene ring substituents is 1. The van der Waals surface area contributed by atoms with Crippen molar-refractivity contribution in [1.82, 2.24) is 15.2 Å². The number of hydrogen-bond donors (Lipinski definition) is 1. The van der Waals surface area contributed by atoms with Crippen LogP contribution < -0.4 is 5.32 Å². The smallest absolute Gasteiger partial charge is 0.269 e. The van der Waals surface area contributed by atoms with Gasteiger partial charge in [0.1, 0.15) is 0 Å². The van der Waals surface area contributed by atoms with Gasteiger partial charge in [0, 0.05) is 29.2 Å². The van der Waals surface area contributed by atoms with Gasteiger partial charge in [-0.2, -0.15) is 5.10 Å². The van der Waals surface area contributed by atoms with E-state index in [2.05, 4.69) is 36.3 Å². The molecule has 1 aromatic heterocycles. The lowest BCUT2D eigenvalue weighted by Gasteiger charge is -2.33. The molecule has 2 bridgehead atoms. The van der Waals surface area contributed by atoms with Crippen LogP contribution in [0.25, 0.3) is 0 Å². The number of nitro groups is 1. The van der Waals surface area contributed by atoms with Crippen molar-refractivity contribution in [3.8, 4) is 0 Å². The first-order valence-electron chi connectivity index (χ1n) is 9.56. The molecule has 4 rings (SSSR count). The number of benzene rings is 1. The topological polar surface area (TPSA) is 111 Å². The molecule has 2 unspecified atom stereocenters. The Morgan fingerprint density at radius 1 is 1.34 bits per heavy atom. The van der Waals surface area contributed by atoms with Crippen LogP contribution in [-0.4, -0.2) is 31.8 Å². The number of aromatic nitrogens is 3. The minimum Gasteiger partial charge on any atom is -0.325 e. The highest BCUT2D eigenvalue weighted by molar-refractivity contribution is 7.99. The Labute approximate surface area is 173 Å². The second-order valence-electron chi connectivity index (χ2n) is 8.57. The molecule has 0 radical (unpaired) electrons. The van der Waals surface area contributed by atoms with Gasteiger partial charge >= 0.3 is 0 Å². The average molecular weight is 414 g/mol. The maximum Gasteiger partial charge on any atom is 0.269 e. The zero-order valence-electron chi connectivity index (χ0n) is 16.9. The molecule has 2 atom stereocenters. The van der Waals surface area contributed by atoms with E-state index in [4.69, 9.17) is 4.98 Å². The van der Waals surface area contributed by atoms with E-state index >= 15 is 0 Å². The molecule has 1 saturated carbocycles. The number of fused-ring (bicyclic) bond motifs is 5. The van der Waals surface area contributed by atoms with Crippen LogP contribution in [0.1, 0.15) is 56.5 Å². The van der Waals surface area contributed by atoms with Crippen LogP contribution in [0.2, 0.25) is 0 Å². The fourth-order valence-electron chi connectivity index (χ4n) is 4.64. The van der Waals surface area contributed by atoms with Gasteiger partial charge in [0.25, 0.3) is 5.69 Å². The minimum absolute atomic E-state index is 0.00166. The molecule has 1 heterocycles. The highest BCUT2D eigenvalue weighted by atomic mass is 32.2. The summed E-state index contributed by atoms with van der Waals surface area (Å²) in [6, 6.07) is 4.36. The fourth-order valence-corrected chi connectivity index (χ4v) is 5.23. The molecule has 2 aliphatic rings. The summed E-state index contributed by atoms with van der Waals surface area (Å²) < 4.78 is 0. The Bertz CT molecular complexity index is 1030. The Kier molecular flexibility index (Phi) is 4.60. The number of nitrogens with zero attached hydrogens (tertiary/aromatic N) is 4. The number of aryl methyl sites for hydroxylation is 1. The van der Waals surface area contributed by atoms with E-state index in [9.17, 15) is 14.9 Å². The first kappa shape index (κ1) is 19.8. The van der Waals surface area contributed by atoms with E-state index in [-0.39, 0.29) is 28.2 Å². The third-order valence-corrected chi connectivity index (χ3v) is 7.64. The van der Waals surface area contributed by atoms with E-state index in [0.29, 0.717) is 22.3 Å². The maximum atomic E-state index is 12.3. The van der Waals surface area contributed by atoms with E-state index in [1.165, 1.54) is 23.9 Å². The summed E-state index contributed by atoms with van der Waals surface area (Å²) in [5, 5.41) is 22.8. The van der Waals surface area contributed by atoms with Crippen molar-refractivity contribution in [2.45, 2.75) is 57.0 Å². The number of amides is 1. The molecule has 0 saturated heterocycles. The van der Waals surface area contributed by atoms with Crippen LogP contribution in [0.5, 0.6) is 0 Å². The molecule has 1 N–H and O–H groups in total. The van der Waals surface area contributed by atoms with Gasteiger partial charge in [-0.05, 0) is 36.8 Å². The lowest BCUT2D eigenvalue weighted by atomic mass is 9.70. The summed E-state index contributed by atoms with van der Waals surface area (Å²) in [4.78, 5) is 27.5. The Morgan fingerprint density at radius 3 is 2.79 bits per heavy atom. The van der Waals surface area contributed by atoms with Crippen molar-refractivity contribution in [1.29, 1.82) is 0 Å². The Hall–Kier alpha value is -2.55. The number of nitrogens with one attached hydrogen (secondary N) is 1. The normalized spacial score (nSPS) is 23.7. The summed E-state index contributed by atoms with van der Waals surface area (Å²) >= 11 is 1.25. The van der Waals surface area contributed by atoms with Crippen LogP contribution in [-0.2, 0) is 10.2 Å². The molecule has 0 spiro atoms. The third kappa shape index (κ3) is 3.08. The predicted molar refractivity (Wildman–Crippen MR) is 110 cm³/mol. The van der Waals surface area contributed by atoms with Gasteiger partial charge in [-0.1, -0.05) is 32.5 Å². The van der Waals surface area contributed by atoms with Crippen molar-refractivity contribution in [2.24, 2.45) is 5.41 Å². The Morgan fingerprint density at radius 2 is 2.10 bits per heavy atom. The molecule has 152 valence electrons.